The van der Waals surface area contributed by atoms with Crippen molar-refractivity contribution in [2.75, 3.05) is 9.80 Å². The Bertz CT molecular complexity index is 3270. The molecule has 7 aromatic carbocycles. The van der Waals surface area contributed by atoms with E-state index >= 15 is 0 Å². The van der Waals surface area contributed by atoms with E-state index < -0.39 is 0 Å². The van der Waals surface area contributed by atoms with Gasteiger partial charge in [0, 0.05) is 66.9 Å². The molecule has 0 aliphatic carbocycles. The number of rotatable bonds is 7. The molecule has 7 heteroatoms. The normalized spacial score (nSPS) is 13.0. The minimum atomic E-state index is -0.277. The van der Waals surface area contributed by atoms with Gasteiger partial charge in [-0.1, -0.05) is 141 Å². The van der Waals surface area contributed by atoms with E-state index in [1.807, 2.05) is 48.7 Å². The zero-order chi connectivity index (χ0) is 46.1. The van der Waals surface area contributed by atoms with Gasteiger partial charge in [0.25, 0.3) is 0 Å². The first-order valence-electron chi connectivity index (χ1n) is 22.7. The Morgan fingerprint density at radius 3 is 1.96 bits per heavy atom. The summed E-state index contributed by atoms with van der Waals surface area (Å²) in [6.45, 7) is 22.3. The van der Waals surface area contributed by atoms with Gasteiger partial charge in [-0.05, 0) is 104 Å². The quantitative estimate of drug-likeness (QED) is 0.149. The molecule has 9 aromatic rings. The molecule has 0 saturated carbocycles. The predicted octanol–water partition coefficient (Wildman–Crippen LogP) is 16.3. The number of para-hydroxylation sites is 1. The number of ether oxygens (including phenoxy) is 1. The number of anilines is 4. The third kappa shape index (κ3) is 8.80. The second-order valence-corrected chi connectivity index (χ2v) is 20.5. The standard InChI is InChI=1S/C60H54FN4O.Pt/c1-58(2,3)42-28-29-62-56(35-42)65-53-27-24-40(39-16-11-10-12-17-39)31-52(53)51-26-25-49(37-55(51)65)66-48-21-14-20-46(36-48)63-38-64(47-33-43(59(4,5)6)32-44(34-47)60(7,8)9)57-50(22-15-23-54(57)63)41-18-13-19-45(61)30-41;/h10-35,38H,1-9H3;/q-3;. The van der Waals surface area contributed by atoms with E-state index in [9.17, 15) is 4.39 Å². The summed E-state index contributed by atoms with van der Waals surface area (Å²) >= 11 is 0. The molecule has 5 nitrogen and oxygen atoms in total. The average molecular weight is 1060 g/mol. The molecular formula is C60H54FN4OPt-3. The van der Waals surface area contributed by atoms with Crippen LogP contribution in [0.5, 0.6) is 11.5 Å². The van der Waals surface area contributed by atoms with Crippen molar-refractivity contribution >= 4 is 44.6 Å². The van der Waals surface area contributed by atoms with Gasteiger partial charge in [0.05, 0.1) is 0 Å². The maximum atomic E-state index is 14.9. The van der Waals surface area contributed by atoms with Crippen LogP contribution in [0.3, 0.4) is 0 Å². The summed E-state index contributed by atoms with van der Waals surface area (Å²) < 4.78 is 23.8. The van der Waals surface area contributed by atoms with Crippen LogP contribution in [-0.2, 0) is 37.3 Å². The largest absolute Gasteiger partial charge is 0.509 e. The fourth-order valence-corrected chi connectivity index (χ4v) is 8.90. The number of hydrogen-bond acceptors (Lipinski definition) is 4. The zero-order valence-electron chi connectivity index (χ0n) is 39.5. The van der Waals surface area contributed by atoms with Gasteiger partial charge in [0.1, 0.15) is 11.6 Å². The van der Waals surface area contributed by atoms with Crippen LogP contribution in [0.2, 0.25) is 0 Å². The molecule has 2 aromatic heterocycles. The third-order valence-electron chi connectivity index (χ3n) is 12.6. The Hall–Kier alpha value is -6.49. The van der Waals surface area contributed by atoms with Crippen LogP contribution < -0.4 is 14.5 Å². The van der Waals surface area contributed by atoms with Gasteiger partial charge in [-0.2, -0.15) is 12.1 Å². The number of halogens is 1. The topological polar surface area (TPSA) is 33.5 Å². The van der Waals surface area contributed by atoms with Crippen LogP contribution in [0.1, 0.15) is 79.0 Å². The molecule has 1 aliphatic heterocycles. The second-order valence-electron chi connectivity index (χ2n) is 20.5. The number of nitrogens with zero attached hydrogens (tertiary/aromatic N) is 4. The van der Waals surface area contributed by atoms with E-state index in [2.05, 4.69) is 186 Å². The predicted molar refractivity (Wildman–Crippen MR) is 271 cm³/mol. The van der Waals surface area contributed by atoms with Crippen molar-refractivity contribution in [3.8, 4) is 39.6 Å². The molecule has 0 amide bonds. The summed E-state index contributed by atoms with van der Waals surface area (Å²) in [5.74, 6) is 1.65. The Balaban J connectivity index is 0.00000562. The van der Waals surface area contributed by atoms with Gasteiger partial charge >= 0.3 is 0 Å². The number of hydrogen-bond donors (Lipinski definition) is 0. The van der Waals surface area contributed by atoms with Crippen molar-refractivity contribution in [3.05, 3.63) is 199 Å². The summed E-state index contributed by atoms with van der Waals surface area (Å²) in [7, 11) is 0. The van der Waals surface area contributed by atoms with Crippen LogP contribution >= 0.6 is 0 Å². The second kappa shape index (κ2) is 17.3. The molecule has 0 spiro atoms. The maximum Gasteiger partial charge on any atom is 0.135 e. The molecule has 0 unspecified atom stereocenters. The molecule has 67 heavy (non-hydrogen) atoms. The summed E-state index contributed by atoms with van der Waals surface area (Å²) in [4.78, 5) is 9.31. The molecule has 0 radical (unpaired) electrons. The zero-order valence-corrected chi connectivity index (χ0v) is 41.8. The Labute approximate surface area is 409 Å². The van der Waals surface area contributed by atoms with Gasteiger partial charge in [-0.25, -0.2) is 9.37 Å². The van der Waals surface area contributed by atoms with E-state index in [-0.39, 0.29) is 43.1 Å². The van der Waals surface area contributed by atoms with Gasteiger partial charge < -0.3 is 19.1 Å². The first-order chi connectivity index (χ1) is 31.5. The van der Waals surface area contributed by atoms with Crippen molar-refractivity contribution in [3.63, 3.8) is 0 Å². The first-order valence-corrected chi connectivity index (χ1v) is 22.7. The molecule has 0 bridgehead atoms. The number of benzene rings is 7. The smallest absolute Gasteiger partial charge is 0.135 e. The molecule has 1 aliphatic rings. The van der Waals surface area contributed by atoms with Crippen molar-refractivity contribution in [2.24, 2.45) is 0 Å². The van der Waals surface area contributed by atoms with E-state index in [0.717, 1.165) is 72.6 Å². The third-order valence-corrected chi connectivity index (χ3v) is 12.6. The van der Waals surface area contributed by atoms with Gasteiger partial charge in [0.15, 0.2) is 0 Å². The molecule has 340 valence electrons. The van der Waals surface area contributed by atoms with Crippen LogP contribution in [0.25, 0.3) is 49.9 Å². The molecule has 0 atom stereocenters. The first kappa shape index (κ1) is 45.7. The van der Waals surface area contributed by atoms with Crippen LogP contribution in [0, 0.1) is 24.6 Å². The summed E-state index contributed by atoms with van der Waals surface area (Å²) in [5.41, 5.74) is 13.1. The van der Waals surface area contributed by atoms with Gasteiger partial charge in [-0.3, -0.25) is 0 Å². The number of aromatic nitrogens is 2. The fourth-order valence-electron chi connectivity index (χ4n) is 8.90. The average Bonchev–Trinajstić information content (AvgIpc) is 3.84. The van der Waals surface area contributed by atoms with Crippen molar-refractivity contribution in [2.45, 2.75) is 78.6 Å². The molecular weight excluding hydrogens is 1010 g/mol. The Morgan fingerprint density at radius 1 is 0.552 bits per heavy atom. The van der Waals surface area contributed by atoms with E-state index in [1.54, 1.807) is 12.1 Å². The van der Waals surface area contributed by atoms with Crippen molar-refractivity contribution < 1.29 is 30.2 Å². The van der Waals surface area contributed by atoms with Crippen LogP contribution in [-0.4, -0.2) is 9.55 Å². The molecule has 0 fully saturated rings. The van der Waals surface area contributed by atoms with E-state index in [4.69, 9.17) is 9.72 Å². The monoisotopic (exact) mass is 1060 g/mol. The molecule has 10 rings (SSSR count). The summed E-state index contributed by atoms with van der Waals surface area (Å²) in [6.07, 6.45) is 1.90. The van der Waals surface area contributed by atoms with Crippen LogP contribution in [0.4, 0.5) is 27.1 Å². The fraction of sp³-hybridized carbons (Fsp3) is 0.200. The Kier molecular flexibility index (Phi) is 11.8. The van der Waals surface area contributed by atoms with Crippen molar-refractivity contribution in [1.29, 1.82) is 0 Å². The van der Waals surface area contributed by atoms with E-state index in [1.165, 1.54) is 22.8 Å². The number of fused-ring (bicyclic) bond motifs is 4. The minimum absolute atomic E-state index is 0. The van der Waals surface area contributed by atoms with Crippen LogP contribution in [0.15, 0.2) is 158 Å². The molecule has 0 saturated heterocycles. The van der Waals surface area contributed by atoms with Gasteiger partial charge in [0.2, 0.25) is 0 Å². The van der Waals surface area contributed by atoms with Gasteiger partial charge in [-0.15, -0.1) is 48.1 Å². The maximum absolute atomic E-state index is 14.9. The molecule has 3 heterocycles. The SMILES string of the molecule is CC(C)(C)c1cc(N2[CH-]N(c3[c-]c(Oc4[c-]c5c(cc4)c4cc(-c6ccccc6)ccc4n5-c4cc(C(C)(C)C)ccn4)ccc3)c3cccc(-c4cccc(F)c4)c32)cc(C(C)(C)C)c1.[Pt]. The van der Waals surface area contributed by atoms with E-state index in [0.29, 0.717) is 11.5 Å². The molecule has 0 N–H and O–H groups in total. The number of pyridine rings is 1. The van der Waals surface area contributed by atoms with Crippen molar-refractivity contribution in [1.82, 2.24) is 9.55 Å². The summed E-state index contributed by atoms with van der Waals surface area (Å²) in [5, 5.41) is 2.16. The summed E-state index contributed by atoms with van der Waals surface area (Å²) in [6, 6.07) is 58.7. The minimum Gasteiger partial charge on any atom is -0.509 e. The Morgan fingerprint density at radius 2 is 1.24 bits per heavy atom.